The Balaban J connectivity index is 1.63. The molecular formula is C21H22F2N2. The molecule has 0 amide bonds. The van der Waals surface area contributed by atoms with E-state index in [0.29, 0.717) is 6.04 Å². The Bertz CT molecular complexity index is 883. The Morgan fingerprint density at radius 2 is 1.52 bits per heavy atom. The zero-order chi connectivity index (χ0) is 17.0. The molecule has 1 aromatic heterocycles. The lowest BCUT2D eigenvalue weighted by atomic mass is 10.0. The Morgan fingerprint density at radius 3 is 2.12 bits per heavy atom. The van der Waals surface area contributed by atoms with Crippen molar-refractivity contribution in [1.82, 2.24) is 9.47 Å². The number of hydrogen-bond acceptors (Lipinski definition) is 1. The van der Waals surface area contributed by atoms with Crippen molar-refractivity contribution in [1.29, 1.82) is 0 Å². The Kier molecular flexibility index (Phi) is 3.56. The lowest BCUT2D eigenvalue weighted by Crippen LogP contribution is -2.37. The predicted octanol–water partition coefficient (Wildman–Crippen LogP) is 5.12. The molecule has 1 saturated carbocycles. The maximum Gasteiger partial charge on any atom is 0.123 e. The van der Waals surface area contributed by atoms with Gasteiger partial charge < -0.3 is 9.47 Å². The van der Waals surface area contributed by atoms with E-state index in [-0.39, 0.29) is 11.6 Å². The van der Waals surface area contributed by atoms with Crippen LogP contribution in [0.15, 0.2) is 36.4 Å². The molecule has 0 radical (unpaired) electrons. The Morgan fingerprint density at radius 1 is 0.880 bits per heavy atom. The SMILES string of the molecule is Fc1ccc2c(c1)c1cc(F)ccc1n2C1CCCN(CC2CC2)C1. The van der Waals surface area contributed by atoms with E-state index in [0.717, 1.165) is 40.7 Å². The first-order chi connectivity index (χ1) is 12.2. The van der Waals surface area contributed by atoms with Crippen molar-refractivity contribution >= 4 is 21.8 Å². The number of likely N-dealkylation sites (tertiary alicyclic amines) is 1. The number of benzene rings is 2. The van der Waals surface area contributed by atoms with Gasteiger partial charge in [0.25, 0.3) is 0 Å². The molecule has 1 saturated heterocycles. The molecule has 5 rings (SSSR count). The standard InChI is InChI=1S/C21H22F2N2/c22-15-5-7-20-18(10-15)19-11-16(23)6-8-21(19)25(20)17-2-1-9-24(13-17)12-14-3-4-14/h5-8,10-11,14,17H,1-4,9,12-13H2. The van der Waals surface area contributed by atoms with Crippen molar-refractivity contribution in [3.63, 3.8) is 0 Å². The number of aromatic nitrogens is 1. The van der Waals surface area contributed by atoms with Crippen LogP contribution in [0.1, 0.15) is 31.7 Å². The molecule has 2 fully saturated rings. The monoisotopic (exact) mass is 340 g/mol. The summed E-state index contributed by atoms with van der Waals surface area (Å²) in [7, 11) is 0. The minimum Gasteiger partial charge on any atom is -0.336 e. The van der Waals surface area contributed by atoms with E-state index in [1.165, 1.54) is 44.5 Å². The Hall–Kier alpha value is -1.94. The summed E-state index contributed by atoms with van der Waals surface area (Å²) >= 11 is 0. The van der Waals surface area contributed by atoms with Crippen LogP contribution in [0.5, 0.6) is 0 Å². The lowest BCUT2D eigenvalue weighted by molar-refractivity contribution is 0.175. The molecule has 3 aromatic rings. The van der Waals surface area contributed by atoms with Crippen LogP contribution < -0.4 is 0 Å². The molecule has 130 valence electrons. The molecule has 0 spiro atoms. The molecule has 0 bridgehead atoms. The van der Waals surface area contributed by atoms with Crippen LogP contribution in [-0.2, 0) is 0 Å². The molecule has 1 atom stereocenters. The number of nitrogens with zero attached hydrogens (tertiary/aromatic N) is 2. The average molecular weight is 340 g/mol. The minimum atomic E-state index is -0.269. The summed E-state index contributed by atoms with van der Waals surface area (Å²) in [6.45, 7) is 3.41. The van der Waals surface area contributed by atoms with Crippen LogP contribution in [-0.4, -0.2) is 29.1 Å². The summed E-state index contributed by atoms with van der Waals surface area (Å²) in [5.74, 6) is 0.352. The second-order valence-electron chi connectivity index (χ2n) is 7.69. The van der Waals surface area contributed by atoms with E-state index in [1.54, 1.807) is 12.1 Å². The number of halogens is 2. The van der Waals surface area contributed by atoms with Gasteiger partial charge in [-0.1, -0.05) is 0 Å². The summed E-state index contributed by atoms with van der Waals surface area (Å²) < 4.78 is 30.0. The van der Waals surface area contributed by atoms with Crippen molar-refractivity contribution in [2.75, 3.05) is 19.6 Å². The quantitative estimate of drug-likeness (QED) is 0.642. The van der Waals surface area contributed by atoms with Crippen molar-refractivity contribution in [2.24, 2.45) is 5.92 Å². The number of piperidine rings is 1. The highest BCUT2D eigenvalue weighted by molar-refractivity contribution is 6.08. The zero-order valence-corrected chi connectivity index (χ0v) is 14.2. The van der Waals surface area contributed by atoms with Crippen molar-refractivity contribution in [3.8, 4) is 0 Å². The molecule has 4 heteroatoms. The van der Waals surface area contributed by atoms with E-state index in [2.05, 4.69) is 9.47 Å². The molecule has 2 aliphatic rings. The average Bonchev–Trinajstić information content (AvgIpc) is 3.36. The van der Waals surface area contributed by atoms with Gasteiger partial charge in [0.2, 0.25) is 0 Å². The molecule has 1 aliphatic carbocycles. The normalized spacial score (nSPS) is 22.1. The second kappa shape index (κ2) is 5.80. The lowest BCUT2D eigenvalue weighted by Gasteiger charge is -2.34. The van der Waals surface area contributed by atoms with Gasteiger partial charge in [-0.2, -0.15) is 0 Å². The summed E-state index contributed by atoms with van der Waals surface area (Å²) in [5, 5.41) is 1.63. The third kappa shape index (κ3) is 2.73. The van der Waals surface area contributed by atoms with Gasteiger partial charge in [0, 0.05) is 40.9 Å². The first-order valence-corrected chi connectivity index (χ1v) is 9.30. The first kappa shape index (κ1) is 15.3. The van der Waals surface area contributed by atoms with Crippen LogP contribution in [0.2, 0.25) is 0 Å². The number of fused-ring (bicyclic) bond motifs is 3. The summed E-state index contributed by atoms with van der Waals surface area (Å²) in [5.41, 5.74) is 2.03. The van der Waals surface area contributed by atoms with E-state index < -0.39 is 0 Å². The molecular weight excluding hydrogens is 318 g/mol. The summed E-state index contributed by atoms with van der Waals surface area (Å²) in [6.07, 6.45) is 5.04. The highest BCUT2D eigenvalue weighted by Gasteiger charge is 2.29. The van der Waals surface area contributed by atoms with Crippen molar-refractivity contribution < 1.29 is 8.78 Å². The topological polar surface area (TPSA) is 8.17 Å². The van der Waals surface area contributed by atoms with Gasteiger partial charge in [0.1, 0.15) is 11.6 Å². The maximum absolute atomic E-state index is 13.8. The van der Waals surface area contributed by atoms with Gasteiger partial charge in [-0.05, 0) is 74.5 Å². The second-order valence-corrected chi connectivity index (χ2v) is 7.69. The number of hydrogen-bond donors (Lipinski definition) is 0. The largest absolute Gasteiger partial charge is 0.336 e. The fourth-order valence-electron chi connectivity index (χ4n) is 4.46. The van der Waals surface area contributed by atoms with Gasteiger partial charge in [0.15, 0.2) is 0 Å². The van der Waals surface area contributed by atoms with Gasteiger partial charge in [-0.15, -0.1) is 0 Å². The van der Waals surface area contributed by atoms with Crippen LogP contribution in [0, 0.1) is 17.6 Å². The minimum absolute atomic E-state index is 0.269. The molecule has 1 unspecified atom stereocenters. The van der Waals surface area contributed by atoms with Crippen LogP contribution in [0.25, 0.3) is 21.8 Å². The molecule has 1 aliphatic heterocycles. The molecule has 2 heterocycles. The maximum atomic E-state index is 13.8. The van der Waals surface area contributed by atoms with Gasteiger partial charge in [-0.3, -0.25) is 0 Å². The van der Waals surface area contributed by atoms with Gasteiger partial charge >= 0.3 is 0 Å². The predicted molar refractivity (Wildman–Crippen MR) is 96.8 cm³/mol. The van der Waals surface area contributed by atoms with E-state index in [1.807, 2.05) is 12.1 Å². The molecule has 2 aromatic carbocycles. The van der Waals surface area contributed by atoms with Crippen LogP contribution >= 0.6 is 0 Å². The van der Waals surface area contributed by atoms with E-state index in [9.17, 15) is 8.78 Å². The van der Waals surface area contributed by atoms with Crippen molar-refractivity contribution in [3.05, 3.63) is 48.0 Å². The number of rotatable bonds is 3. The fraction of sp³-hybridized carbons (Fsp3) is 0.429. The third-order valence-electron chi connectivity index (χ3n) is 5.79. The van der Waals surface area contributed by atoms with Gasteiger partial charge in [0.05, 0.1) is 0 Å². The molecule has 25 heavy (non-hydrogen) atoms. The van der Waals surface area contributed by atoms with Crippen molar-refractivity contribution in [2.45, 2.75) is 31.7 Å². The van der Waals surface area contributed by atoms with E-state index in [4.69, 9.17) is 0 Å². The smallest absolute Gasteiger partial charge is 0.123 e. The fourth-order valence-corrected chi connectivity index (χ4v) is 4.46. The van der Waals surface area contributed by atoms with Crippen LogP contribution in [0.3, 0.4) is 0 Å². The van der Waals surface area contributed by atoms with Crippen LogP contribution in [0.4, 0.5) is 8.78 Å². The zero-order valence-electron chi connectivity index (χ0n) is 14.2. The highest BCUT2D eigenvalue weighted by Crippen LogP contribution is 2.37. The Labute approximate surface area is 146 Å². The first-order valence-electron chi connectivity index (χ1n) is 9.30. The molecule has 2 nitrogen and oxygen atoms in total. The highest BCUT2D eigenvalue weighted by atomic mass is 19.1. The summed E-state index contributed by atoms with van der Waals surface area (Å²) in [4.78, 5) is 2.58. The summed E-state index contributed by atoms with van der Waals surface area (Å²) in [6, 6.07) is 10.2. The van der Waals surface area contributed by atoms with Gasteiger partial charge in [-0.25, -0.2) is 8.78 Å². The molecule has 0 N–H and O–H groups in total. The van der Waals surface area contributed by atoms with E-state index >= 15 is 0 Å². The third-order valence-corrected chi connectivity index (χ3v) is 5.79.